The van der Waals surface area contributed by atoms with Gasteiger partial charge in [-0.05, 0) is 23.6 Å². The second-order valence-corrected chi connectivity index (χ2v) is 5.89. The van der Waals surface area contributed by atoms with E-state index in [1.54, 1.807) is 11.3 Å². The molecule has 0 bridgehead atoms. The van der Waals surface area contributed by atoms with Crippen molar-refractivity contribution in [1.29, 1.82) is 0 Å². The molecule has 4 heteroatoms. The summed E-state index contributed by atoms with van der Waals surface area (Å²) in [4.78, 5) is 13.1. The molecule has 0 saturated heterocycles. The third kappa shape index (κ3) is 4.20. The Hall–Kier alpha value is -1.26. The first-order valence-corrected chi connectivity index (χ1v) is 7.83. The summed E-state index contributed by atoms with van der Waals surface area (Å²) in [5, 5.41) is 5.01. The largest absolute Gasteiger partial charge is 0.351 e. The summed E-state index contributed by atoms with van der Waals surface area (Å²) in [6.45, 7) is 0.712. The molecule has 0 spiro atoms. The van der Waals surface area contributed by atoms with Crippen molar-refractivity contribution in [3.8, 4) is 0 Å². The van der Waals surface area contributed by atoms with Gasteiger partial charge in [-0.2, -0.15) is 11.8 Å². The molecule has 1 N–H and O–H groups in total. The summed E-state index contributed by atoms with van der Waals surface area (Å²) in [6, 6.07) is 13.5. The van der Waals surface area contributed by atoms with Gasteiger partial charge < -0.3 is 5.32 Å². The molecule has 1 aromatic carbocycles. The van der Waals surface area contributed by atoms with E-state index >= 15 is 0 Å². The molecule has 94 valence electrons. The van der Waals surface area contributed by atoms with Crippen molar-refractivity contribution in [3.05, 3.63) is 58.3 Å². The lowest BCUT2D eigenvalue weighted by molar-refractivity contribution is 0.0956. The topological polar surface area (TPSA) is 29.1 Å². The number of hydrogen-bond acceptors (Lipinski definition) is 3. The zero-order valence-electron chi connectivity index (χ0n) is 9.96. The summed E-state index contributed by atoms with van der Waals surface area (Å²) in [5.74, 6) is 1.97. The van der Waals surface area contributed by atoms with Crippen molar-refractivity contribution >= 4 is 29.0 Å². The van der Waals surface area contributed by atoms with Crippen LogP contribution in [0.4, 0.5) is 0 Å². The lowest BCUT2D eigenvalue weighted by atomic mass is 10.2. The minimum Gasteiger partial charge on any atom is -0.351 e. The van der Waals surface area contributed by atoms with E-state index in [4.69, 9.17) is 0 Å². The highest BCUT2D eigenvalue weighted by atomic mass is 32.2. The monoisotopic (exact) mass is 277 g/mol. The van der Waals surface area contributed by atoms with E-state index in [0.29, 0.717) is 6.54 Å². The molecule has 0 unspecified atom stereocenters. The first-order valence-electron chi connectivity index (χ1n) is 5.79. The average Bonchev–Trinajstić information content (AvgIpc) is 2.92. The highest BCUT2D eigenvalue weighted by Gasteiger charge is 2.02. The Bertz CT molecular complexity index is 468. The van der Waals surface area contributed by atoms with Gasteiger partial charge in [-0.15, -0.1) is 11.3 Å². The summed E-state index contributed by atoms with van der Waals surface area (Å²) in [5.41, 5.74) is 0.723. The lowest BCUT2D eigenvalue weighted by Crippen LogP contribution is -2.25. The van der Waals surface area contributed by atoms with Gasteiger partial charge >= 0.3 is 0 Å². The molecule has 2 rings (SSSR count). The van der Waals surface area contributed by atoms with E-state index in [1.807, 2.05) is 42.1 Å². The zero-order chi connectivity index (χ0) is 12.6. The number of carbonyl (C=O) groups excluding carboxylic acids is 1. The molecule has 2 aromatic rings. The third-order valence-corrected chi connectivity index (χ3v) is 4.46. The van der Waals surface area contributed by atoms with Crippen molar-refractivity contribution in [2.24, 2.45) is 0 Å². The van der Waals surface area contributed by atoms with Crippen LogP contribution in [0, 0.1) is 0 Å². The minimum absolute atomic E-state index is 0.00678. The summed E-state index contributed by atoms with van der Waals surface area (Å²) in [7, 11) is 0. The van der Waals surface area contributed by atoms with Crippen LogP contribution in [0.5, 0.6) is 0 Å². The normalized spacial score (nSPS) is 10.2. The number of nitrogens with one attached hydrogen (secondary N) is 1. The van der Waals surface area contributed by atoms with Gasteiger partial charge in [0.2, 0.25) is 0 Å². The zero-order valence-corrected chi connectivity index (χ0v) is 11.6. The predicted molar refractivity (Wildman–Crippen MR) is 79.3 cm³/mol. The Morgan fingerprint density at radius 2 is 2.00 bits per heavy atom. The Balaban J connectivity index is 1.62. The predicted octanol–water partition coefficient (Wildman–Crippen LogP) is 3.41. The number of thioether (sulfide) groups is 1. The maximum atomic E-state index is 11.7. The molecule has 2 nitrogen and oxygen atoms in total. The molecule has 0 fully saturated rings. The fourth-order valence-electron chi connectivity index (χ4n) is 1.50. The molecule has 1 aromatic heterocycles. The third-order valence-electron chi connectivity index (χ3n) is 2.39. The number of carbonyl (C=O) groups is 1. The first kappa shape index (κ1) is 13.2. The smallest absolute Gasteiger partial charge is 0.251 e. The summed E-state index contributed by atoms with van der Waals surface area (Å²) in [6.07, 6.45) is 0. The van der Waals surface area contributed by atoms with Gasteiger partial charge in [0.15, 0.2) is 0 Å². The van der Waals surface area contributed by atoms with Crippen LogP contribution in [0.15, 0.2) is 47.8 Å². The number of hydrogen-bond donors (Lipinski definition) is 1. The molecule has 0 aliphatic rings. The lowest BCUT2D eigenvalue weighted by Gasteiger charge is -2.04. The van der Waals surface area contributed by atoms with Crippen LogP contribution in [0.2, 0.25) is 0 Å². The van der Waals surface area contributed by atoms with Gasteiger partial charge in [0.1, 0.15) is 0 Å². The Morgan fingerprint density at radius 3 is 2.72 bits per heavy atom. The van der Waals surface area contributed by atoms with Crippen LogP contribution in [0.3, 0.4) is 0 Å². The van der Waals surface area contributed by atoms with Gasteiger partial charge in [-0.1, -0.05) is 24.3 Å². The van der Waals surface area contributed by atoms with Crippen LogP contribution >= 0.6 is 23.1 Å². The molecule has 1 amide bonds. The molecule has 0 saturated carbocycles. The molecule has 0 radical (unpaired) electrons. The highest BCUT2D eigenvalue weighted by Crippen LogP contribution is 2.16. The number of thiophene rings is 1. The summed E-state index contributed by atoms with van der Waals surface area (Å²) >= 11 is 3.62. The van der Waals surface area contributed by atoms with Crippen molar-refractivity contribution in [2.45, 2.75) is 5.75 Å². The van der Waals surface area contributed by atoms with Crippen LogP contribution < -0.4 is 5.32 Å². The summed E-state index contributed by atoms with van der Waals surface area (Å²) < 4.78 is 0. The SMILES string of the molecule is O=C(NCCSCc1cccs1)c1ccccc1. The van der Waals surface area contributed by atoms with Gasteiger partial charge in [0, 0.05) is 28.5 Å². The van der Waals surface area contributed by atoms with Crippen LogP contribution in [-0.4, -0.2) is 18.2 Å². The maximum absolute atomic E-state index is 11.7. The Morgan fingerprint density at radius 1 is 1.17 bits per heavy atom. The maximum Gasteiger partial charge on any atom is 0.251 e. The van der Waals surface area contributed by atoms with Crippen molar-refractivity contribution in [2.75, 3.05) is 12.3 Å². The first-order chi connectivity index (χ1) is 8.86. The average molecular weight is 277 g/mol. The number of amides is 1. The van der Waals surface area contributed by atoms with Gasteiger partial charge in [-0.25, -0.2) is 0 Å². The van der Waals surface area contributed by atoms with Gasteiger partial charge in [-0.3, -0.25) is 4.79 Å². The van der Waals surface area contributed by atoms with E-state index in [-0.39, 0.29) is 5.91 Å². The molecule has 0 aliphatic heterocycles. The quantitative estimate of drug-likeness (QED) is 0.820. The molecule has 0 aliphatic carbocycles. The van der Waals surface area contributed by atoms with E-state index in [1.165, 1.54) is 4.88 Å². The molecular formula is C14H15NOS2. The van der Waals surface area contributed by atoms with Crippen LogP contribution in [0.25, 0.3) is 0 Å². The van der Waals surface area contributed by atoms with Crippen LogP contribution in [0.1, 0.15) is 15.2 Å². The second kappa shape index (κ2) is 7.24. The molecule has 1 heterocycles. The Labute approximate surface area is 115 Å². The Kier molecular flexibility index (Phi) is 5.30. The van der Waals surface area contributed by atoms with Crippen LogP contribution in [-0.2, 0) is 5.75 Å². The van der Waals surface area contributed by atoms with E-state index in [2.05, 4.69) is 22.8 Å². The van der Waals surface area contributed by atoms with Gasteiger partial charge in [0.05, 0.1) is 0 Å². The molecular weight excluding hydrogens is 262 g/mol. The highest BCUT2D eigenvalue weighted by molar-refractivity contribution is 7.98. The van der Waals surface area contributed by atoms with Crippen molar-refractivity contribution in [1.82, 2.24) is 5.32 Å². The van der Waals surface area contributed by atoms with Crippen molar-refractivity contribution in [3.63, 3.8) is 0 Å². The van der Waals surface area contributed by atoms with Crippen molar-refractivity contribution < 1.29 is 4.79 Å². The molecule has 18 heavy (non-hydrogen) atoms. The van der Waals surface area contributed by atoms with E-state index in [9.17, 15) is 4.79 Å². The van der Waals surface area contributed by atoms with E-state index in [0.717, 1.165) is 17.1 Å². The second-order valence-electron chi connectivity index (χ2n) is 3.75. The standard InChI is InChI=1S/C14H15NOS2/c16-14(12-5-2-1-3-6-12)15-8-10-17-11-13-7-4-9-18-13/h1-7,9H,8,10-11H2,(H,15,16). The van der Waals surface area contributed by atoms with E-state index < -0.39 is 0 Å². The molecule has 0 atom stereocenters. The minimum atomic E-state index is 0.00678. The fourth-order valence-corrected chi connectivity index (χ4v) is 3.20. The number of benzene rings is 1. The fraction of sp³-hybridized carbons (Fsp3) is 0.214. The number of rotatable bonds is 6. The van der Waals surface area contributed by atoms with Gasteiger partial charge in [0.25, 0.3) is 5.91 Å².